The van der Waals surface area contributed by atoms with Crippen molar-refractivity contribution in [3.8, 4) is 0 Å². The molecular formula is C13H17ClN2O3S. The van der Waals surface area contributed by atoms with Crippen LogP contribution in [-0.2, 0) is 14.8 Å². The number of aryl methyl sites for hydroxylation is 1. The Morgan fingerprint density at radius 2 is 2.10 bits per heavy atom. The summed E-state index contributed by atoms with van der Waals surface area (Å²) in [7, 11) is -3.79. The van der Waals surface area contributed by atoms with Crippen LogP contribution in [0.15, 0.2) is 23.1 Å². The summed E-state index contributed by atoms with van der Waals surface area (Å²) in [6, 6.07) is 4.21. The molecule has 1 atom stereocenters. The molecule has 2 rings (SSSR count). The first kappa shape index (κ1) is 15.3. The van der Waals surface area contributed by atoms with Gasteiger partial charge in [-0.2, -0.15) is 4.31 Å². The molecular weight excluding hydrogens is 300 g/mol. The summed E-state index contributed by atoms with van der Waals surface area (Å²) < 4.78 is 26.8. The van der Waals surface area contributed by atoms with Crippen molar-refractivity contribution in [1.82, 2.24) is 9.62 Å². The number of hydrogen-bond acceptors (Lipinski definition) is 3. The molecule has 1 aromatic rings. The molecule has 0 spiro atoms. The fraction of sp³-hybridized carbons (Fsp3) is 0.462. The molecule has 0 saturated carbocycles. The minimum atomic E-state index is -3.79. The van der Waals surface area contributed by atoms with Crippen LogP contribution in [-0.4, -0.2) is 37.8 Å². The van der Waals surface area contributed by atoms with E-state index in [9.17, 15) is 13.2 Å². The molecule has 1 saturated heterocycles. The van der Waals surface area contributed by atoms with Crippen molar-refractivity contribution in [3.05, 3.63) is 28.8 Å². The zero-order chi connectivity index (χ0) is 14.9. The molecule has 0 radical (unpaired) electrons. The zero-order valence-electron chi connectivity index (χ0n) is 11.4. The highest BCUT2D eigenvalue weighted by Crippen LogP contribution is 2.29. The molecule has 1 heterocycles. The Bertz CT molecular complexity index is 610. The minimum Gasteiger partial charge on any atom is -0.355 e. The molecule has 1 amide bonds. The number of carbonyl (C=O) groups excluding carboxylic acids is 1. The van der Waals surface area contributed by atoms with Crippen molar-refractivity contribution in [2.45, 2.75) is 31.2 Å². The van der Waals surface area contributed by atoms with Gasteiger partial charge in [0.15, 0.2) is 0 Å². The van der Waals surface area contributed by atoms with E-state index in [1.807, 2.05) is 0 Å². The molecule has 1 N–H and O–H groups in total. The highest BCUT2D eigenvalue weighted by Gasteiger charge is 2.36. The average Bonchev–Trinajstić information content (AvgIpc) is 2.52. The molecule has 1 aromatic carbocycles. The van der Waals surface area contributed by atoms with E-state index < -0.39 is 16.1 Å². The Balaban J connectivity index is 2.51. The SMILES string of the molecule is Cc1cccc(Cl)c1S(=O)(=O)N1CCCNC(=O)[C@H]1C. The van der Waals surface area contributed by atoms with E-state index in [1.54, 1.807) is 32.0 Å². The fourth-order valence-electron chi connectivity index (χ4n) is 2.31. The van der Waals surface area contributed by atoms with Gasteiger partial charge in [0.25, 0.3) is 0 Å². The van der Waals surface area contributed by atoms with Gasteiger partial charge in [-0.3, -0.25) is 4.79 Å². The molecule has 20 heavy (non-hydrogen) atoms. The summed E-state index contributed by atoms with van der Waals surface area (Å²) in [4.78, 5) is 11.9. The summed E-state index contributed by atoms with van der Waals surface area (Å²) >= 11 is 6.05. The lowest BCUT2D eigenvalue weighted by Crippen LogP contribution is -2.45. The molecule has 0 aliphatic carbocycles. The molecule has 5 nitrogen and oxygen atoms in total. The van der Waals surface area contributed by atoms with Crippen molar-refractivity contribution >= 4 is 27.5 Å². The van der Waals surface area contributed by atoms with Gasteiger partial charge < -0.3 is 5.32 Å². The first-order valence-electron chi connectivity index (χ1n) is 6.40. The number of nitrogens with zero attached hydrogens (tertiary/aromatic N) is 1. The molecule has 7 heteroatoms. The largest absolute Gasteiger partial charge is 0.355 e. The lowest BCUT2D eigenvalue weighted by molar-refractivity contribution is -0.123. The highest BCUT2D eigenvalue weighted by molar-refractivity contribution is 7.89. The first-order chi connectivity index (χ1) is 9.35. The third-order valence-corrected chi connectivity index (χ3v) is 6.00. The molecule has 0 aromatic heterocycles. The van der Waals surface area contributed by atoms with Crippen LogP contribution in [0.1, 0.15) is 18.9 Å². The average molecular weight is 317 g/mol. The van der Waals surface area contributed by atoms with Crippen LogP contribution in [0, 0.1) is 6.92 Å². The first-order valence-corrected chi connectivity index (χ1v) is 8.22. The number of carbonyl (C=O) groups is 1. The summed E-state index contributed by atoms with van der Waals surface area (Å²) in [6.45, 7) is 4.06. The number of rotatable bonds is 2. The summed E-state index contributed by atoms with van der Waals surface area (Å²) in [5, 5.41) is 2.88. The number of sulfonamides is 1. The zero-order valence-corrected chi connectivity index (χ0v) is 13.0. The molecule has 0 unspecified atom stereocenters. The lowest BCUT2D eigenvalue weighted by Gasteiger charge is -2.26. The monoisotopic (exact) mass is 316 g/mol. The highest BCUT2D eigenvalue weighted by atomic mass is 35.5. The van der Waals surface area contributed by atoms with Crippen molar-refractivity contribution < 1.29 is 13.2 Å². The summed E-state index contributed by atoms with van der Waals surface area (Å²) in [6.07, 6.45) is 0.582. The van der Waals surface area contributed by atoms with Crippen molar-refractivity contribution in [3.63, 3.8) is 0 Å². The number of amides is 1. The van der Waals surface area contributed by atoms with Gasteiger partial charge in [0.05, 0.1) is 5.02 Å². The molecule has 1 fully saturated rings. The number of nitrogens with one attached hydrogen (secondary N) is 1. The van der Waals surface area contributed by atoms with Crippen molar-refractivity contribution in [1.29, 1.82) is 0 Å². The Labute approximate surface area is 124 Å². The van der Waals surface area contributed by atoms with E-state index in [0.717, 1.165) is 0 Å². The number of benzene rings is 1. The third kappa shape index (κ3) is 2.68. The second kappa shape index (κ2) is 5.71. The lowest BCUT2D eigenvalue weighted by atomic mass is 10.2. The van der Waals surface area contributed by atoms with Gasteiger partial charge in [0.2, 0.25) is 15.9 Å². The topological polar surface area (TPSA) is 66.5 Å². The Hall–Kier alpha value is -1.11. The van der Waals surface area contributed by atoms with Crippen molar-refractivity contribution in [2.75, 3.05) is 13.1 Å². The second-order valence-electron chi connectivity index (χ2n) is 4.82. The van der Waals surface area contributed by atoms with Crippen LogP contribution in [0.25, 0.3) is 0 Å². The van der Waals surface area contributed by atoms with Gasteiger partial charge in [0, 0.05) is 13.1 Å². The maximum Gasteiger partial charge on any atom is 0.245 e. The van der Waals surface area contributed by atoms with Crippen LogP contribution in [0.2, 0.25) is 5.02 Å². The molecule has 1 aliphatic rings. The molecule has 1 aliphatic heterocycles. The summed E-state index contributed by atoms with van der Waals surface area (Å²) in [5.41, 5.74) is 0.578. The van der Waals surface area contributed by atoms with E-state index in [1.165, 1.54) is 4.31 Å². The van der Waals surface area contributed by atoms with Crippen LogP contribution < -0.4 is 5.32 Å². The van der Waals surface area contributed by atoms with Crippen LogP contribution in [0.5, 0.6) is 0 Å². The molecule has 0 bridgehead atoms. The standard InChI is InChI=1S/C13H17ClN2O3S/c1-9-5-3-6-11(14)12(9)20(18,19)16-8-4-7-15-13(17)10(16)2/h3,5-6,10H,4,7-8H2,1-2H3,(H,15,17)/t10-/m1/s1. The van der Waals surface area contributed by atoms with E-state index in [2.05, 4.69) is 5.32 Å². The van der Waals surface area contributed by atoms with E-state index in [0.29, 0.717) is 25.1 Å². The van der Waals surface area contributed by atoms with Gasteiger partial charge in [-0.25, -0.2) is 8.42 Å². The van der Waals surface area contributed by atoms with Gasteiger partial charge >= 0.3 is 0 Å². The predicted octanol–water partition coefficient (Wildman–Crippen LogP) is 1.55. The summed E-state index contributed by atoms with van der Waals surface area (Å²) in [5.74, 6) is -0.282. The Morgan fingerprint density at radius 1 is 1.40 bits per heavy atom. The number of halogens is 1. The Kier molecular flexibility index (Phi) is 4.36. The minimum absolute atomic E-state index is 0.0863. The van der Waals surface area contributed by atoms with Crippen LogP contribution in [0.4, 0.5) is 0 Å². The molecule has 110 valence electrons. The smallest absolute Gasteiger partial charge is 0.245 e. The number of hydrogen-bond donors (Lipinski definition) is 1. The van der Waals surface area contributed by atoms with Gasteiger partial charge in [-0.15, -0.1) is 0 Å². The van der Waals surface area contributed by atoms with E-state index in [-0.39, 0.29) is 15.8 Å². The van der Waals surface area contributed by atoms with Gasteiger partial charge in [-0.05, 0) is 31.9 Å². The van der Waals surface area contributed by atoms with E-state index >= 15 is 0 Å². The van der Waals surface area contributed by atoms with Crippen LogP contribution >= 0.6 is 11.6 Å². The normalized spacial score (nSPS) is 21.4. The predicted molar refractivity (Wildman–Crippen MR) is 77.2 cm³/mol. The quantitative estimate of drug-likeness (QED) is 0.900. The second-order valence-corrected chi connectivity index (χ2v) is 7.06. The van der Waals surface area contributed by atoms with E-state index in [4.69, 9.17) is 11.6 Å². The van der Waals surface area contributed by atoms with Gasteiger partial charge in [-0.1, -0.05) is 23.7 Å². The van der Waals surface area contributed by atoms with Gasteiger partial charge in [0.1, 0.15) is 10.9 Å². The maximum atomic E-state index is 12.8. The maximum absolute atomic E-state index is 12.8. The van der Waals surface area contributed by atoms with Crippen molar-refractivity contribution in [2.24, 2.45) is 0 Å². The third-order valence-electron chi connectivity index (χ3n) is 3.40. The van der Waals surface area contributed by atoms with Crippen LogP contribution in [0.3, 0.4) is 0 Å². The fourth-order valence-corrected chi connectivity index (χ4v) is 4.73. The Morgan fingerprint density at radius 3 is 2.75 bits per heavy atom.